The largest absolute Gasteiger partial charge is 0.484 e. The number of anilines is 1. The van der Waals surface area contributed by atoms with E-state index < -0.39 is 0 Å². The molecule has 0 aliphatic carbocycles. The fourth-order valence-corrected chi connectivity index (χ4v) is 3.01. The van der Waals surface area contributed by atoms with Crippen LogP contribution in [0.4, 0.5) is 5.69 Å². The fraction of sp³-hybridized carbons (Fsp3) is 0.167. The summed E-state index contributed by atoms with van der Waals surface area (Å²) in [5, 5.41) is 6.28. The van der Waals surface area contributed by atoms with Gasteiger partial charge >= 0.3 is 0 Å². The molecule has 6 heteroatoms. The van der Waals surface area contributed by atoms with Crippen LogP contribution in [0.2, 0.25) is 5.02 Å². The molecule has 154 valence electrons. The number of amides is 2. The lowest BCUT2D eigenvalue weighted by Crippen LogP contribution is -2.28. The van der Waals surface area contributed by atoms with Gasteiger partial charge < -0.3 is 15.4 Å². The van der Waals surface area contributed by atoms with Crippen molar-refractivity contribution in [1.82, 2.24) is 5.32 Å². The van der Waals surface area contributed by atoms with Crippen LogP contribution in [-0.4, -0.2) is 25.0 Å². The molecule has 0 atom stereocenters. The van der Waals surface area contributed by atoms with Crippen LogP contribution >= 0.6 is 11.6 Å². The summed E-state index contributed by atoms with van der Waals surface area (Å²) in [5.74, 6) is -0.0396. The smallest absolute Gasteiger partial charge is 0.262 e. The van der Waals surface area contributed by atoms with E-state index in [0.29, 0.717) is 28.6 Å². The van der Waals surface area contributed by atoms with E-state index in [2.05, 4.69) is 10.6 Å². The standard InChI is InChI=1S/C24H23ClN2O3/c1-17-15-19(11-12-21(17)25)30-16-23(28)27-22-10-6-5-9-20(22)24(29)26-14-13-18-7-3-2-4-8-18/h2-12,15H,13-14,16H2,1H3,(H,26,29)(H,27,28). The second-order valence-corrected chi connectivity index (χ2v) is 7.19. The molecule has 0 bridgehead atoms. The van der Waals surface area contributed by atoms with Gasteiger partial charge in [0.2, 0.25) is 0 Å². The predicted octanol–water partition coefficient (Wildman–Crippen LogP) is 4.64. The highest BCUT2D eigenvalue weighted by Gasteiger charge is 2.13. The average Bonchev–Trinajstić information content (AvgIpc) is 2.75. The Morgan fingerprint density at radius 1 is 0.967 bits per heavy atom. The Labute approximate surface area is 181 Å². The first kappa shape index (κ1) is 21.4. The van der Waals surface area contributed by atoms with Crippen LogP contribution in [0, 0.1) is 6.92 Å². The van der Waals surface area contributed by atoms with Crippen molar-refractivity contribution in [1.29, 1.82) is 0 Å². The van der Waals surface area contributed by atoms with Crippen LogP contribution < -0.4 is 15.4 Å². The molecular weight excluding hydrogens is 400 g/mol. The number of aryl methyl sites for hydroxylation is 1. The SMILES string of the molecule is Cc1cc(OCC(=O)Nc2ccccc2C(=O)NCCc2ccccc2)ccc1Cl. The summed E-state index contributed by atoms with van der Waals surface area (Å²) in [6.45, 7) is 2.19. The van der Waals surface area contributed by atoms with Crippen molar-refractivity contribution < 1.29 is 14.3 Å². The van der Waals surface area contributed by atoms with E-state index >= 15 is 0 Å². The normalized spacial score (nSPS) is 10.3. The van der Waals surface area contributed by atoms with E-state index in [1.165, 1.54) is 0 Å². The summed E-state index contributed by atoms with van der Waals surface area (Å²) >= 11 is 6.00. The van der Waals surface area contributed by atoms with Crippen molar-refractivity contribution in [2.75, 3.05) is 18.5 Å². The minimum atomic E-state index is -0.355. The summed E-state index contributed by atoms with van der Waals surface area (Å²) in [5.41, 5.74) is 2.86. The summed E-state index contributed by atoms with van der Waals surface area (Å²) in [6.07, 6.45) is 0.732. The Kier molecular flexibility index (Phi) is 7.46. The Balaban J connectivity index is 1.55. The molecule has 0 fully saturated rings. The molecule has 3 rings (SSSR count). The molecule has 5 nitrogen and oxygen atoms in total. The predicted molar refractivity (Wildman–Crippen MR) is 119 cm³/mol. The molecule has 0 aromatic heterocycles. The monoisotopic (exact) mass is 422 g/mol. The first-order chi connectivity index (χ1) is 14.5. The second kappa shape index (κ2) is 10.5. The van der Waals surface area contributed by atoms with Crippen LogP contribution in [0.3, 0.4) is 0 Å². The van der Waals surface area contributed by atoms with Gasteiger partial charge in [-0.1, -0.05) is 54.1 Å². The van der Waals surface area contributed by atoms with E-state index in [4.69, 9.17) is 16.3 Å². The Morgan fingerprint density at radius 2 is 1.70 bits per heavy atom. The van der Waals surface area contributed by atoms with Gasteiger partial charge in [-0.3, -0.25) is 9.59 Å². The maximum absolute atomic E-state index is 12.6. The van der Waals surface area contributed by atoms with Crippen LogP contribution in [0.15, 0.2) is 72.8 Å². The van der Waals surface area contributed by atoms with Gasteiger partial charge in [-0.25, -0.2) is 0 Å². The zero-order chi connectivity index (χ0) is 21.3. The van der Waals surface area contributed by atoms with E-state index in [-0.39, 0.29) is 18.4 Å². The quantitative estimate of drug-likeness (QED) is 0.555. The van der Waals surface area contributed by atoms with Gasteiger partial charge in [0.25, 0.3) is 11.8 Å². The number of hydrogen-bond acceptors (Lipinski definition) is 3. The van der Waals surface area contributed by atoms with Crippen molar-refractivity contribution in [3.8, 4) is 5.75 Å². The van der Waals surface area contributed by atoms with Crippen molar-refractivity contribution >= 4 is 29.1 Å². The Bertz CT molecular complexity index is 1020. The number of rotatable bonds is 8. The van der Waals surface area contributed by atoms with Gasteiger partial charge in [-0.15, -0.1) is 0 Å². The van der Waals surface area contributed by atoms with Crippen molar-refractivity contribution in [3.63, 3.8) is 0 Å². The van der Waals surface area contributed by atoms with E-state index in [9.17, 15) is 9.59 Å². The van der Waals surface area contributed by atoms with Gasteiger partial charge in [0.15, 0.2) is 6.61 Å². The Morgan fingerprint density at radius 3 is 2.47 bits per heavy atom. The number of carbonyl (C=O) groups is 2. The molecule has 0 aliphatic rings. The number of nitrogens with one attached hydrogen (secondary N) is 2. The van der Waals surface area contributed by atoms with Crippen molar-refractivity contribution in [3.05, 3.63) is 94.5 Å². The van der Waals surface area contributed by atoms with Crippen LogP contribution in [0.25, 0.3) is 0 Å². The average molecular weight is 423 g/mol. The van der Waals surface area contributed by atoms with Crippen LogP contribution in [0.1, 0.15) is 21.5 Å². The first-order valence-corrected chi connectivity index (χ1v) is 10.0. The van der Waals surface area contributed by atoms with E-state index in [0.717, 1.165) is 17.5 Å². The highest BCUT2D eigenvalue weighted by atomic mass is 35.5. The lowest BCUT2D eigenvalue weighted by atomic mass is 10.1. The number of benzene rings is 3. The zero-order valence-corrected chi connectivity index (χ0v) is 17.4. The summed E-state index contributed by atoms with van der Waals surface area (Å²) in [4.78, 5) is 24.9. The molecule has 0 aliphatic heterocycles. The molecule has 30 heavy (non-hydrogen) atoms. The topological polar surface area (TPSA) is 67.4 Å². The number of ether oxygens (including phenoxy) is 1. The molecule has 0 saturated heterocycles. The molecule has 3 aromatic carbocycles. The van der Waals surface area contributed by atoms with Crippen LogP contribution in [0.5, 0.6) is 5.75 Å². The minimum absolute atomic E-state index is 0.176. The van der Waals surface area contributed by atoms with Gasteiger partial charge in [-0.05, 0) is 54.8 Å². The van der Waals surface area contributed by atoms with Gasteiger partial charge in [0, 0.05) is 11.6 Å². The van der Waals surface area contributed by atoms with Gasteiger partial charge in [-0.2, -0.15) is 0 Å². The second-order valence-electron chi connectivity index (χ2n) is 6.78. The maximum atomic E-state index is 12.6. The lowest BCUT2D eigenvalue weighted by molar-refractivity contribution is -0.118. The molecule has 0 unspecified atom stereocenters. The minimum Gasteiger partial charge on any atom is -0.484 e. The number of halogens is 1. The highest BCUT2D eigenvalue weighted by molar-refractivity contribution is 6.31. The Hall–Kier alpha value is -3.31. The number of para-hydroxylation sites is 1. The zero-order valence-electron chi connectivity index (χ0n) is 16.7. The molecular formula is C24H23ClN2O3. The molecule has 0 spiro atoms. The highest BCUT2D eigenvalue weighted by Crippen LogP contribution is 2.21. The van der Waals surface area contributed by atoms with Crippen molar-refractivity contribution in [2.45, 2.75) is 13.3 Å². The van der Waals surface area contributed by atoms with Crippen molar-refractivity contribution in [2.24, 2.45) is 0 Å². The summed E-state index contributed by atoms with van der Waals surface area (Å²) < 4.78 is 5.52. The molecule has 0 saturated carbocycles. The third-order valence-corrected chi connectivity index (χ3v) is 4.91. The van der Waals surface area contributed by atoms with Gasteiger partial charge in [0.05, 0.1) is 11.3 Å². The molecule has 0 heterocycles. The first-order valence-electron chi connectivity index (χ1n) is 9.63. The third kappa shape index (κ3) is 6.09. The summed E-state index contributed by atoms with van der Waals surface area (Å²) in [6, 6.07) is 22.0. The number of carbonyl (C=O) groups excluding carboxylic acids is 2. The van der Waals surface area contributed by atoms with Crippen LogP contribution in [-0.2, 0) is 11.2 Å². The molecule has 3 aromatic rings. The molecule has 2 N–H and O–H groups in total. The van der Waals surface area contributed by atoms with Gasteiger partial charge in [0.1, 0.15) is 5.75 Å². The fourth-order valence-electron chi connectivity index (χ4n) is 2.89. The van der Waals surface area contributed by atoms with E-state index in [1.54, 1.807) is 42.5 Å². The number of hydrogen-bond donors (Lipinski definition) is 2. The third-order valence-electron chi connectivity index (χ3n) is 4.49. The van der Waals surface area contributed by atoms with E-state index in [1.807, 2.05) is 37.3 Å². The maximum Gasteiger partial charge on any atom is 0.262 e. The lowest BCUT2D eigenvalue weighted by Gasteiger charge is -2.12. The summed E-state index contributed by atoms with van der Waals surface area (Å²) in [7, 11) is 0. The molecule has 0 radical (unpaired) electrons. The molecule has 2 amide bonds.